The summed E-state index contributed by atoms with van der Waals surface area (Å²) in [7, 11) is 2.03. The van der Waals surface area contributed by atoms with E-state index in [0.717, 1.165) is 39.5 Å². The molecular formula is C36H33IrN5. The Morgan fingerprint density at radius 2 is 1.64 bits per heavy atom. The summed E-state index contributed by atoms with van der Waals surface area (Å²) in [6, 6.07) is 35.3. The summed E-state index contributed by atoms with van der Waals surface area (Å²) in [5.41, 5.74) is 11.2. The first kappa shape index (κ1) is 29.3. The zero-order valence-electron chi connectivity index (χ0n) is 24.7. The summed E-state index contributed by atoms with van der Waals surface area (Å²) >= 11 is 0. The predicted molar refractivity (Wildman–Crippen MR) is 168 cm³/mol. The number of aromatic nitrogens is 3. The minimum Gasteiger partial charge on any atom is -0.371 e. The Morgan fingerprint density at radius 3 is 2.36 bits per heavy atom. The molecule has 0 unspecified atom stereocenters. The van der Waals surface area contributed by atoms with Crippen LogP contribution in [0.3, 0.4) is 0 Å². The molecule has 0 saturated heterocycles. The summed E-state index contributed by atoms with van der Waals surface area (Å²) in [5.74, 6) is 0. The number of rotatable bonds is 3. The molecule has 1 aliphatic heterocycles. The van der Waals surface area contributed by atoms with Crippen LogP contribution in [0.4, 0.5) is 17.1 Å². The van der Waals surface area contributed by atoms with Gasteiger partial charge in [-0.1, -0.05) is 51.3 Å². The molecule has 0 N–H and O–H groups in total. The van der Waals surface area contributed by atoms with Crippen molar-refractivity contribution in [2.45, 2.75) is 40.7 Å². The van der Waals surface area contributed by atoms with E-state index in [1.165, 1.54) is 27.5 Å². The minimum absolute atomic E-state index is 0. The summed E-state index contributed by atoms with van der Waals surface area (Å²) in [6.07, 6.45) is 3.78. The topological polar surface area (TPSA) is 36.7 Å². The molecule has 0 bridgehead atoms. The van der Waals surface area contributed by atoms with Crippen molar-refractivity contribution in [2.24, 2.45) is 0 Å². The molecule has 6 heteroatoms. The van der Waals surface area contributed by atoms with Crippen molar-refractivity contribution in [3.8, 4) is 11.3 Å². The number of aryl methyl sites for hydroxylation is 3. The van der Waals surface area contributed by atoms with Gasteiger partial charge in [-0.25, -0.2) is 4.98 Å². The van der Waals surface area contributed by atoms with Crippen LogP contribution in [0.5, 0.6) is 0 Å². The second-order valence-electron chi connectivity index (χ2n) is 10.8. The Balaban J connectivity index is 0.000000189. The molecule has 42 heavy (non-hydrogen) atoms. The first-order chi connectivity index (χ1) is 19.8. The van der Waals surface area contributed by atoms with Crippen molar-refractivity contribution in [3.05, 3.63) is 114 Å². The number of hydrogen-bond acceptors (Lipinski definition) is 2. The molecule has 0 aliphatic carbocycles. The van der Waals surface area contributed by atoms with Crippen molar-refractivity contribution >= 4 is 45.0 Å². The molecule has 0 atom stereocenters. The van der Waals surface area contributed by atoms with Gasteiger partial charge >= 0.3 is 6.01 Å². The minimum atomic E-state index is 0. The molecule has 0 saturated carbocycles. The average molecular weight is 728 g/mol. The van der Waals surface area contributed by atoms with Crippen LogP contribution < -0.4 is 4.58 Å². The molecule has 6 aromatic rings. The maximum absolute atomic E-state index is 4.67. The van der Waals surface area contributed by atoms with Gasteiger partial charge in [0, 0.05) is 61.6 Å². The fourth-order valence-corrected chi connectivity index (χ4v) is 5.32. The molecule has 4 heterocycles. The van der Waals surface area contributed by atoms with Crippen LogP contribution in [-0.2, 0) is 20.1 Å². The molecule has 7 rings (SSSR count). The van der Waals surface area contributed by atoms with Gasteiger partial charge in [-0.2, -0.15) is 12.1 Å². The van der Waals surface area contributed by atoms with E-state index in [1.54, 1.807) is 0 Å². The van der Waals surface area contributed by atoms with E-state index < -0.39 is 0 Å². The Hall–Kier alpha value is -4.21. The van der Waals surface area contributed by atoms with Crippen LogP contribution in [-0.4, -0.2) is 32.2 Å². The molecule has 1 radical (unpaired) electrons. The number of benzene rings is 3. The van der Waals surface area contributed by atoms with Crippen LogP contribution in [0.1, 0.15) is 36.6 Å². The van der Waals surface area contributed by atoms with Gasteiger partial charge in [-0.3, -0.25) is 0 Å². The monoisotopic (exact) mass is 728 g/mol. The van der Waals surface area contributed by atoms with Gasteiger partial charge in [0.2, 0.25) is 0 Å². The molecule has 0 spiro atoms. The Morgan fingerprint density at radius 1 is 0.857 bits per heavy atom. The molecule has 5 nitrogen and oxygen atoms in total. The second-order valence-corrected chi connectivity index (χ2v) is 10.8. The maximum atomic E-state index is 4.67. The number of hydrogen-bond donors (Lipinski definition) is 0. The number of nitrogens with zero attached hydrogens (tertiary/aromatic N) is 5. The van der Waals surface area contributed by atoms with E-state index in [2.05, 4.69) is 126 Å². The predicted octanol–water partition coefficient (Wildman–Crippen LogP) is 8.34. The summed E-state index contributed by atoms with van der Waals surface area (Å²) in [4.78, 5) is 9.07. The van der Waals surface area contributed by atoms with E-state index >= 15 is 0 Å². The van der Waals surface area contributed by atoms with Gasteiger partial charge in [-0.05, 0) is 45.0 Å². The largest absolute Gasteiger partial charge is 0.494 e. The maximum Gasteiger partial charge on any atom is 0.494 e. The van der Waals surface area contributed by atoms with Crippen molar-refractivity contribution in [3.63, 3.8) is 0 Å². The molecule has 0 amide bonds. The average Bonchev–Trinajstić information content (AvgIpc) is 3.50. The third-order valence-electron chi connectivity index (χ3n) is 7.59. The molecule has 1 aliphatic rings. The smallest absolute Gasteiger partial charge is 0.371 e. The van der Waals surface area contributed by atoms with Crippen LogP contribution in [0, 0.1) is 32.9 Å². The first-order valence-electron chi connectivity index (χ1n) is 13.9. The number of pyridine rings is 2. The standard InChI is InChI=1S/C22H19N4.C14H14N.Ir/c1-15(2)26-21-16(17-9-7-13-23-22(17)26)8-6-12-20(21)25-14-24(3)18-10-4-5-11-19(18)25;1-10-4-6-13(7-5-10)14-8-11(2)12(3)9-15-14;/h4-11,13,15H,1-3H3;4-6,8-9H,1-3H3;/q+1;-1;. The van der Waals surface area contributed by atoms with Crippen molar-refractivity contribution in [1.82, 2.24) is 19.1 Å². The quantitative estimate of drug-likeness (QED) is 0.136. The van der Waals surface area contributed by atoms with Gasteiger partial charge in [0.1, 0.15) is 11.3 Å². The van der Waals surface area contributed by atoms with Crippen molar-refractivity contribution < 1.29 is 24.7 Å². The van der Waals surface area contributed by atoms with E-state index in [-0.39, 0.29) is 26.1 Å². The molecular weight excluding hydrogens is 695 g/mol. The molecule has 211 valence electrons. The molecule has 3 aromatic carbocycles. The van der Waals surface area contributed by atoms with Crippen LogP contribution in [0.15, 0.2) is 85.2 Å². The fourth-order valence-electron chi connectivity index (χ4n) is 5.32. The zero-order valence-corrected chi connectivity index (χ0v) is 27.1. The second kappa shape index (κ2) is 12.0. The van der Waals surface area contributed by atoms with Crippen molar-refractivity contribution in [1.29, 1.82) is 0 Å². The normalized spacial score (nSPS) is 12.0. The Kier molecular flexibility index (Phi) is 8.33. The summed E-state index contributed by atoms with van der Waals surface area (Å²) in [5, 5.41) is 2.37. The first-order valence-corrected chi connectivity index (χ1v) is 13.9. The van der Waals surface area contributed by atoms with Gasteiger partial charge < -0.3 is 9.55 Å². The Bertz CT molecular complexity index is 1990. The van der Waals surface area contributed by atoms with E-state index in [4.69, 9.17) is 0 Å². The van der Waals surface area contributed by atoms with Crippen LogP contribution >= 0.6 is 0 Å². The number of para-hydroxylation sites is 2. The van der Waals surface area contributed by atoms with Crippen LogP contribution in [0.2, 0.25) is 0 Å². The van der Waals surface area contributed by atoms with E-state index in [0.29, 0.717) is 0 Å². The third kappa shape index (κ3) is 5.26. The zero-order chi connectivity index (χ0) is 28.7. The SMILES string of the molecule is CC(C)n1c2ncccc2c2cc[c-]c([N+]3=C=[N+](C)c4ccccc43)c21.Cc1c[c-]c(-c2cc(C)c(C)cn2)cc1.[Ir]. The van der Waals surface area contributed by atoms with Gasteiger partial charge in [0.25, 0.3) is 11.4 Å². The number of fused-ring (bicyclic) bond motifs is 4. The summed E-state index contributed by atoms with van der Waals surface area (Å²) in [6.45, 7) is 10.6. The third-order valence-corrected chi connectivity index (χ3v) is 7.59. The molecule has 3 aromatic heterocycles. The van der Waals surface area contributed by atoms with E-state index in [9.17, 15) is 0 Å². The van der Waals surface area contributed by atoms with Crippen molar-refractivity contribution in [2.75, 3.05) is 7.05 Å². The molecule has 0 fully saturated rings. The van der Waals surface area contributed by atoms with Crippen LogP contribution in [0.25, 0.3) is 33.2 Å². The van der Waals surface area contributed by atoms with Gasteiger partial charge in [-0.15, -0.1) is 41.5 Å². The Labute approximate surface area is 260 Å². The van der Waals surface area contributed by atoms with Gasteiger partial charge in [0.05, 0.1) is 0 Å². The fraction of sp³-hybridized carbons (Fsp3) is 0.194. The van der Waals surface area contributed by atoms with E-state index in [1.807, 2.05) is 42.2 Å². The van der Waals surface area contributed by atoms with Gasteiger partial charge in [0.15, 0.2) is 7.05 Å². The summed E-state index contributed by atoms with van der Waals surface area (Å²) < 4.78 is 6.44.